The molecule has 4 fully saturated rings. The molecular weight excluding hydrogens is 374 g/mol. The molecule has 2 amide bonds. The topological polar surface area (TPSA) is 70.6 Å². The zero-order chi connectivity index (χ0) is 21.5. The van der Waals surface area contributed by atoms with Gasteiger partial charge in [-0.05, 0) is 86.3 Å². The van der Waals surface area contributed by atoms with Crippen molar-refractivity contribution >= 4 is 23.2 Å². The summed E-state index contributed by atoms with van der Waals surface area (Å²) in [6.07, 6.45) is 8.45. The zero-order valence-corrected chi connectivity index (χ0v) is 18.8. The van der Waals surface area contributed by atoms with Crippen LogP contribution in [0.1, 0.15) is 78.2 Å². The second-order valence-corrected chi connectivity index (χ2v) is 11.1. The average molecular weight is 410 g/mol. The van der Waals surface area contributed by atoms with Crippen molar-refractivity contribution in [3.63, 3.8) is 0 Å². The minimum atomic E-state index is -0.454. The molecule has 0 unspecified atom stereocenters. The molecule has 0 atom stereocenters. The van der Waals surface area contributed by atoms with Crippen molar-refractivity contribution in [1.29, 1.82) is 0 Å². The van der Waals surface area contributed by atoms with Crippen LogP contribution in [0.3, 0.4) is 0 Å². The number of rotatable bonds is 5. The maximum Gasteiger partial charge on any atom is 0.240 e. The Morgan fingerprint density at radius 1 is 1.07 bits per heavy atom. The Hall–Kier alpha value is -2.17. The van der Waals surface area contributed by atoms with Gasteiger partial charge in [0.15, 0.2) is 0 Å². The smallest absolute Gasteiger partial charge is 0.240 e. The third kappa shape index (κ3) is 4.60. The number of hydrazone groups is 1. The molecule has 162 valence electrons. The predicted octanol–water partition coefficient (Wildman–Crippen LogP) is 5.12. The summed E-state index contributed by atoms with van der Waals surface area (Å²) in [5, 5.41) is 7.31. The third-order valence-corrected chi connectivity index (χ3v) is 7.27. The number of carbonyl (C=O) groups excluding carboxylic acids is 2. The third-order valence-electron chi connectivity index (χ3n) is 7.27. The maximum absolute atomic E-state index is 12.7. The summed E-state index contributed by atoms with van der Waals surface area (Å²) >= 11 is 0. The number of nitrogens with zero attached hydrogens (tertiary/aromatic N) is 1. The lowest BCUT2D eigenvalue weighted by Crippen LogP contribution is -2.47. The van der Waals surface area contributed by atoms with Gasteiger partial charge in [0, 0.05) is 17.5 Å². The highest BCUT2D eigenvalue weighted by Crippen LogP contribution is 2.61. The van der Waals surface area contributed by atoms with E-state index in [0.29, 0.717) is 6.42 Å². The fraction of sp³-hybridized carbons (Fsp3) is 0.640. The lowest BCUT2D eigenvalue weighted by Gasteiger charge is -2.56. The summed E-state index contributed by atoms with van der Waals surface area (Å²) in [6, 6.07) is 7.60. The zero-order valence-electron chi connectivity index (χ0n) is 18.8. The number of benzene rings is 1. The van der Waals surface area contributed by atoms with E-state index in [9.17, 15) is 9.59 Å². The summed E-state index contributed by atoms with van der Waals surface area (Å²) in [6.45, 7) is 7.55. The molecule has 0 aromatic heterocycles. The molecule has 5 nitrogen and oxygen atoms in total. The van der Waals surface area contributed by atoms with Gasteiger partial charge in [-0.3, -0.25) is 9.59 Å². The van der Waals surface area contributed by atoms with E-state index in [2.05, 4.69) is 15.8 Å². The molecule has 4 bridgehead atoms. The second kappa shape index (κ2) is 7.82. The van der Waals surface area contributed by atoms with E-state index in [4.69, 9.17) is 0 Å². The lowest BCUT2D eigenvalue weighted by atomic mass is 9.49. The monoisotopic (exact) mass is 409 g/mol. The van der Waals surface area contributed by atoms with Crippen LogP contribution in [0.5, 0.6) is 0 Å². The average Bonchev–Trinajstić information content (AvgIpc) is 2.64. The molecule has 0 aliphatic heterocycles. The van der Waals surface area contributed by atoms with Gasteiger partial charge < -0.3 is 5.32 Å². The van der Waals surface area contributed by atoms with Crippen LogP contribution in [0.4, 0.5) is 5.69 Å². The molecule has 1 aromatic rings. The van der Waals surface area contributed by atoms with Crippen molar-refractivity contribution in [2.45, 2.75) is 72.6 Å². The van der Waals surface area contributed by atoms with Gasteiger partial charge in [-0.2, -0.15) is 5.10 Å². The van der Waals surface area contributed by atoms with Gasteiger partial charge in [-0.15, -0.1) is 0 Å². The van der Waals surface area contributed by atoms with Crippen LogP contribution in [-0.4, -0.2) is 17.5 Å². The number of nitrogens with one attached hydrogen (secondary N) is 2. The van der Waals surface area contributed by atoms with Crippen LogP contribution in [0.25, 0.3) is 0 Å². The predicted molar refractivity (Wildman–Crippen MR) is 120 cm³/mol. The van der Waals surface area contributed by atoms with E-state index in [0.717, 1.165) is 34.7 Å². The molecule has 5 rings (SSSR count). The Morgan fingerprint density at radius 3 is 2.23 bits per heavy atom. The number of hydrogen-bond acceptors (Lipinski definition) is 3. The van der Waals surface area contributed by atoms with Crippen molar-refractivity contribution in [1.82, 2.24) is 5.43 Å². The van der Waals surface area contributed by atoms with Gasteiger partial charge in [0.1, 0.15) is 0 Å². The summed E-state index contributed by atoms with van der Waals surface area (Å²) in [5.41, 5.74) is 4.93. The standard InChI is InChI=1S/C25H35N3O2/c1-16(20-6-5-7-21(11-20)26-23(30)24(2,3)4)27-28-22(29)15-25-12-17-8-18(13-25)10-19(9-17)14-25/h5-7,11,17-19H,8-10,12-15H2,1-4H3,(H,26,30)(H,28,29)/b27-16-. The van der Waals surface area contributed by atoms with Crippen LogP contribution in [0.2, 0.25) is 0 Å². The number of hydrogen-bond donors (Lipinski definition) is 2. The number of amides is 2. The van der Waals surface area contributed by atoms with E-state index >= 15 is 0 Å². The largest absolute Gasteiger partial charge is 0.326 e. The molecule has 4 aliphatic rings. The van der Waals surface area contributed by atoms with Crippen LogP contribution in [-0.2, 0) is 9.59 Å². The number of carbonyl (C=O) groups is 2. The quantitative estimate of drug-likeness (QED) is 0.523. The fourth-order valence-corrected chi connectivity index (χ4v) is 6.24. The maximum atomic E-state index is 12.7. The molecule has 0 spiro atoms. The Bertz CT molecular complexity index is 830. The number of anilines is 1. The highest BCUT2D eigenvalue weighted by molar-refractivity contribution is 6.01. The van der Waals surface area contributed by atoms with Gasteiger partial charge in [0.2, 0.25) is 11.8 Å². The minimum Gasteiger partial charge on any atom is -0.326 e. The summed E-state index contributed by atoms with van der Waals surface area (Å²) in [7, 11) is 0. The Kier molecular flexibility index (Phi) is 5.50. The molecule has 0 heterocycles. The van der Waals surface area contributed by atoms with Gasteiger partial charge in [-0.25, -0.2) is 5.43 Å². The molecule has 5 heteroatoms. The molecule has 4 saturated carbocycles. The second-order valence-electron chi connectivity index (χ2n) is 11.1. The van der Waals surface area contributed by atoms with Crippen molar-refractivity contribution in [3.05, 3.63) is 29.8 Å². The summed E-state index contributed by atoms with van der Waals surface area (Å²) < 4.78 is 0. The fourth-order valence-electron chi connectivity index (χ4n) is 6.24. The van der Waals surface area contributed by atoms with Gasteiger partial charge in [-0.1, -0.05) is 32.9 Å². The molecule has 0 saturated heterocycles. The van der Waals surface area contributed by atoms with Gasteiger partial charge >= 0.3 is 0 Å². The molecule has 0 radical (unpaired) electrons. The normalized spacial score (nSPS) is 30.3. The Balaban J connectivity index is 1.37. The van der Waals surface area contributed by atoms with Gasteiger partial charge in [0.05, 0.1) is 5.71 Å². The summed E-state index contributed by atoms with van der Waals surface area (Å²) in [5.74, 6) is 2.55. The van der Waals surface area contributed by atoms with Crippen LogP contribution in [0, 0.1) is 28.6 Å². The Morgan fingerprint density at radius 2 is 1.67 bits per heavy atom. The Labute approximate surface area is 180 Å². The van der Waals surface area contributed by atoms with Crippen molar-refractivity contribution in [2.75, 3.05) is 5.32 Å². The van der Waals surface area contributed by atoms with Crippen LogP contribution in [0.15, 0.2) is 29.4 Å². The minimum absolute atomic E-state index is 0.0295. The van der Waals surface area contributed by atoms with E-state index < -0.39 is 5.41 Å². The highest BCUT2D eigenvalue weighted by atomic mass is 16.2. The van der Waals surface area contributed by atoms with E-state index in [-0.39, 0.29) is 17.2 Å². The van der Waals surface area contributed by atoms with Crippen LogP contribution < -0.4 is 10.7 Å². The summed E-state index contributed by atoms with van der Waals surface area (Å²) in [4.78, 5) is 24.9. The first-order valence-corrected chi connectivity index (χ1v) is 11.4. The SMILES string of the molecule is C/C(=N/NC(=O)CC12CC3CC(CC(C3)C1)C2)c1cccc(NC(=O)C(C)(C)C)c1. The lowest BCUT2D eigenvalue weighted by molar-refractivity contribution is -0.129. The van der Waals surface area contributed by atoms with E-state index in [1.807, 2.05) is 52.0 Å². The molecular formula is C25H35N3O2. The molecule has 1 aromatic carbocycles. The van der Waals surface area contributed by atoms with Crippen molar-refractivity contribution in [3.8, 4) is 0 Å². The first-order valence-electron chi connectivity index (χ1n) is 11.4. The van der Waals surface area contributed by atoms with E-state index in [1.165, 1.54) is 38.5 Å². The van der Waals surface area contributed by atoms with Crippen molar-refractivity contribution in [2.24, 2.45) is 33.7 Å². The molecule has 4 aliphatic carbocycles. The van der Waals surface area contributed by atoms with E-state index in [1.54, 1.807) is 0 Å². The molecule has 30 heavy (non-hydrogen) atoms. The van der Waals surface area contributed by atoms with Crippen molar-refractivity contribution < 1.29 is 9.59 Å². The van der Waals surface area contributed by atoms with Crippen LogP contribution >= 0.6 is 0 Å². The first-order chi connectivity index (χ1) is 14.1. The van der Waals surface area contributed by atoms with Gasteiger partial charge in [0.25, 0.3) is 0 Å². The molecule has 2 N–H and O–H groups in total. The first kappa shape index (κ1) is 21.1. The highest BCUT2D eigenvalue weighted by Gasteiger charge is 2.51.